The molecule has 2 aliphatic rings. The lowest BCUT2D eigenvalue weighted by atomic mass is 9.78. The van der Waals surface area contributed by atoms with Crippen molar-refractivity contribution in [2.75, 3.05) is 12.3 Å². The number of unbranched alkanes of at least 4 members (excludes halogenated alkanes) is 2. The average Bonchev–Trinajstić information content (AvgIpc) is 3.01. The Kier molecular flexibility index (Phi) is 5.24. The van der Waals surface area contributed by atoms with E-state index in [1.54, 1.807) is 11.8 Å². The van der Waals surface area contributed by atoms with Gasteiger partial charge in [-0.25, -0.2) is 0 Å². The highest BCUT2D eigenvalue weighted by Gasteiger charge is 2.55. The van der Waals surface area contributed by atoms with Crippen molar-refractivity contribution in [3.63, 3.8) is 0 Å². The number of hydrogen-bond donors (Lipinski definition) is 0. The van der Waals surface area contributed by atoms with Crippen LogP contribution in [-0.2, 0) is 14.3 Å². The molecule has 20 heavy (non-hydrogen) atoms. The third-order valence-corrected chi connectivity index (χ3v) is 5.28. The Morgan fingerprint density at radius 1 is 1.50 bits per heavy atom. The van der Waals surface area contributed by atoms with Crippen LogP contribution in [0.4, 0.5) is 0 Å². The Morgan fingerprint density at radius 3 is 2.90 bits per heavy atom. The summed E-state index contributed by atoms with van der Waals surface area (Å²) in [6, 6.07) is 0. The van der Waals surface area contributed by atoms with E-state index in [0.29, 0.717) is 12.8 Å². The van der Waals surface area contributed by atoms with Gasteiger partial charge in [0, 0.05) is 25.6 Å². The van der Waals surface area contributed by atoms with Gasteiger partial charge in [0.1, 0.15) is 17.3 Å². The lowest BCUT2D eigenvalue weighted by Gasteiger charge is -2.33. The van der Waals surface area contributed by atoms with Gasteiger partial charge in [0.25, 0.3) is 0 Å². The molecule has 0 aromatic heterocycles. The van der Waals surface area contributed by atoms with Crippen molar-refractivity contribution >= 4 is 28.6 Å². The summed E-state index contributed by atoms with van der Waals surface area (Å²) in [5.41, 5.74) is -0.637. The third-order valence-electron chi connectivity index (χ3n) is 4.13. The number of ketones is 1. The average molecular weight is 297 g/mol. The summed E-state index contributed by atoms with van der Waals surface area (Å²) in [6.07, 6.45) is 4.80. The van der Waals surface area contributed by atoms with E-state index in [2.05, 4.69) is 11.9 Å². The lowest BCUT2D eigenvalue weighted by Crippen LogP contribution is -2.44. The smallest absolute Gasteiger partial charge is 0.302 e. The van der Waals surface area contributed by atoms with Gasteiger partial charge in [-0.2, -0.15) is 0 Å². The molecule has 2 unspecified atom stereocenters. The van der Waals surface area contributed by atoms with Crippen molar-refractivity contribution in [3.05, 3.63) is 0 Å². The zero-order valence-electron chi connectivity index (χ0n) is 12.3. The maximum atomic E-state index is 12.6. The largest absolute Gasteiger partial charge is 0.461 e. The zero-order valence-corrected chi connectivity index (χ0v) is 13.1. The SMILES string of the molecule is CCCCCC1(C2=NCCS2)C(=O)CCC1OC(C)=O. The summed E-state index contributed by atoms with van der Waals surface area (Å²) in [5, 5.41) is 0.919. The second kappa shape index (κ2) is 6.74. The molecule has 1 saturated carbocycles. The van der Waals surface area contributed by atoms with Gasteiger partial charge in [-0.05, 0) is 12.8 Å². The summed E-state index contributed by atoms with van der Waals surface area (Å²) in [7, 11) is 0. The number of carbonyl (C=O) groups excluding carboxylic acids is 2. The number of rotatable bonds is 6. The Hall–Kier alpha value is -0.840. The molecule has 0 saturated heterocycles. The minimum Gasteiger partial charge on any atom is -0.461 e. The Morgan fingerprint density at radius 2 is 2.30 bits per heavy atom. The molecule has 1 aliphatic carbocycles. The molecule has 1 aliphatic heterocycles. The number of carbonyl (C=O) groups is 2. The molecule has 0 amide bonds. The van der Waals surface area contributed by atoms with E-state index in [9.17, 15) is 9.59 Å². The number of Topliss-reactive ketones (excluding diaryl/α,β-unsaturated/α-hetero) is 1. The summed E-state index contributed by atoms with van der Waals surface area (Å²) in [6.45, 7) is 4.34. The topological polar surface area (TPSA) is 55.7 Å². The van der Waals surface area contributed by atoms with E-state index in [0.717, 1.165) is 43.0 Å². The molecule has 0 bridgehead atoms. The van der Waals surface area contributed by atoms with E-state index < -0.39 is 5.41 Å². The van der Waals surface area contributed by atoms with E-state index in [-0.39, 0.29) is 17.9 Å². The van der Waals surface area contributed by atoms with Crippen LogP contribution in [-0.4, -0.2) is 35.2 Å². The molecule has 4 nitrogen and oxygen atoms in total. The fraction of sp³-hybridized carbons (Fsp3) is 0.800. The third kappa shape index (κ3) is 2.92. The quantitative estimate of drug-likeness (QED) is 0.558. The van der Waals surface area contributed by atoms with E-state index in [1.807, 2.05) is 0 Å². The van der Waals surface area contributed by atoms with Crippen molar-refractivity contribution in [1.82, 2.24) is 0 Å². The van der Waals surface area contributed by atoms with Gasteiger partial charge in [-0.3, -0.25) is 14.6 Å². The number of aliphatic imine (C=N–C) groups is 1. The minimum absolute atomic E-state index is 0.216. The zero-order chi connectivity index (χ0) is 14.6. The first-order valence-electron chi connectivity index (χ1n) is 7.49. The summed E-state index contributed by atoms with van der Waals surface area (Å²) < 4.78 is 5.49. The Balaban J connectivity index is 2.26. The maximum absolute atomic E-state index is 12.6. The fourth-order valence-electron chi connectivity index (χ4n) is 3.19. The molecule has 1 heterocycles. The first-order valence-corrected chi connectivity index (χ1v) is 8.48. The van der Waals surface area contributed by atoms with E-state index in [1.165, 1.54) is 6.92 Å². The second-order valence-corrected chi connectivity index (χ2v) is 6.61. The van der Waals surface area contributed by atoms with Gasteiger partial charge < -0.3 is 4.74 Å². The van der Waals surface area contributed by atoms with Crippen LogP contribution < -0.4 is 0 Å². The normalized spacial score (nSPS) is 29.6. The lowest BCUT2D eigenvalue weighted by molar-refractivity contribution is -0.150. The molecule has 0 radical (unpaired) electrons. The predicted octanol–water partition coefficient (Wildman–Crippen LogP) is 2.99. The van der Waals surface area contributed by atoms with Gasteiger partial charge >= 0.3 is 5.97 Å². The fourth-order valence-corrected chi connectivity index (χ4v) is 4.36. The molecule has 1 fully saturated rings. The summed E-state index contributed by atoms with van der Waals surface area (Å²) in [5.74, 6) is 0.853. The highest BCUT2D eigenvalue weighted by molar-refractivity contribution is 8.14. The highest BCUT2D eigenvalue weighted by atomic mass is 32.2. The highest BCUT2D eigenvalue weighted by Crippen LogP contribution is 2.47. The molecule has 2 rings (SSSR count). The molecule has 0 spiro atoms. The molecule has 112 valence electrons. The molecule has 5 heteroatoms. The number of nitrogens with zero attached hydrogens (tertiary/aromatic N) is 1. The predicted molar refractivity (Wildman–Crippen MR) is 81.1 cm³/mol. The van der Waals surface area contributed by atoms with Gasteiger partial charge in [-0.1, -0.05) is 26.2 Å². The van der Waals surface area contributed by atoms with E-state index in [4.69, 9.17) is 4.74 Å². The molecular formula is C15H23NO3S. The second-order valence-electron chi connectivity index (χ2n) is 5.52. The maximum Gasteiger partial charge on any atom is 0.302 e. The van der Waals surface area contributed by atoms with Crippen LogP contribution in [0.2, 0.25) is 0 Å². The van der Waals surface area contributed by atoms with Crippen molar-refractivity contribution in [3.8, 4) is 0 Å². The van der Waals surface area contributed by atoms with Crippen molar-refractivity contribution in [1.29, 1.82) is 0 Å². The van der Waals surface area contributed by atoms with E-state index >= 15 is 0 Å². The van der Waals surface area contributed by atoms with Gasteiger partial charge in [0.2, 0.25) is 0 Å². The van der Waals surface area contributed by atoms with Crippen LogP contribution in [0.3, 0.4) is 0 Å². The summed E-state index contributed by atoms with van der Waals surface area (Å²) >= 11 is 1.67. The number of thioether (sulfide) groups is 1. The molecule has 0 aromatic rings. The molecule has 0 N–H and O–H groups in total. The standard InChI is InChI=1S/C15H23NO3S/c1-3-4-5-8-15(14-16-9-10-20-14)12(18)6-7-13(15)19-11(2)17/h13H,3-10H2,1-2H3. The first-order chi connectivity index (χ1) is 9.61. The van der Waals surface area contributed by atoms with Gasteiger partial charge in [0.15, 0.2) is 0 Å². The Labute approximate surface area is 124 Å². The number of esters is 1. The Bertz CT molecular complexity index is 421. The van der Waals surface area contributed by atoms with Gasteiger partial charge in [-0.15, -0.1) is 11.8 Å². The van der Waals surface area contributed by atoms with Crippen molar-refractivity contribution < 1.29 is 14.3 Å². The monoisotopic (exact) mass is 297 g/mol. The minimum atomic E-state index is -0.637. The van der Waals surface area contributed by atoms with Gasteiger partial charge in [0.05, 0.1) is 5.04 Å². The van der Waals surface area contributed by atoms with Crippen LogP contribution >= 0.6 is 11.8 Å². The number of ether oxygens (including phenoxy) is 1. The van der Waals surface area contributed by atoms with Crippen LogP contribution in [0.1, 0.15) is 52.4 Å². The van der Waals surface area contributed by atoms with Crippen molar-refractivity contribution in [2.24, 2.45) is 10.4 Å². The van der Waals surface area contributed by atoms with Crippen LogP contribution in [0.25, 0.3) is 0 Å². The van der Waals surface area contributed by atoms with Crippen molar-refractivity contribution in [2.45, 2.75) is 58.5 Å². The molecular weight excluding hydrogens is 274 g/mol. The van der Waals surface area contributed by atoms with Crippen LogP contribution in [0.5, 0.6) is 0 Å². The van der Waals surface area contributed by atoms with Crippen LogP contribution in [0, 0.1) is 5.41 Å². The number of hydrogen-bond acceptors (Lipinski definition) is 5. The molecule has 2 atom stereocenters. The molecule has 0 aromatic carbocycles. The first kappa shape index (κ1) is 15.5. The summed E-state index contributed by atoms with van der Waals surface area (Å²) in [4.78, 5) is 28.5. The van der Waals surface area contributed by atoms with Crippen LogP contribution in [0.15, 0.2) is 4.99 Å².